The lowest BCUT2D eigenvalue weighted by atomic mass is 10.1. The average Bonchev–Trinajstić information content (AvgIpc) is 3.24. The molecule has 0 saturated carbocycles. The highest BCUT2D eigenvalue weighted by Crippen LogP contribution is 2.29. The first-order valence-corrected chi connectivity index (χ1v) is 9.12. The summed E-state index contributed by atoms with van der Waals surface area (Å²) in [7, 11) is 1.55. The van der Waals surface area contributed by atoms with E-state index in [0.717, 1.165) is 16.8 Å². The van der Waals surface area contributed by atoms with E-state index in [1.165, 1.54) is 0 Å². The molecule has 0 amide bonds. The molecule has 0 bridgehead atoms. The monoisotopic (exact) mass is 388 g/mol. The number of carbonyl (C=O) groups is 1. The maximum atomic E-state index is 12.8. The van der Waals surface area contributed by atoms with Gasteiger partial charge in [-0.2, -0.15) is 0 Å². The number of nitrogens with zero attached hydrogens (tertiary/aromatic N) is 2. The van der Waals surface area contributed by atoms with Crippen molar-refractivity contribution in [3.63, 3.8) is 0 Å². The Morgan fingerprint density at radius 3 is 2.61 bits per heavy atom. The van der Waals surface area contributed by atoms with E-state index in [0.29, 0.717) is 22.0 Å². The quantitative estimate of drug-likeness (QED) is 0.428. The lowest BCUT2D eigenvalue weighted by molar-refractivity contribution is 0.103. The van der Waals surface area contributed by atoms with Gasteiger partial charge in [-0.25, -0.2) is 4.98 Å². The van der Waals surface area contributed by atoms with E-state index in [1.807, 2.05) is 59.2 Å². The number of aromatic nitrogens is 2. The zero-order valence-electron chi connectivity index (χ0n) is 15.2. The van der Waals surface area contributed by atoms with Gasteiger partial charge in [0.15, 0.2) is 0 Å². The zero-order valence-corrected chi connectivity index (χ0v) is 15.9. The van der Waals surface area contributed by atoms with Crippen molar-refractivity contribution in [3.05, 3.63) is 102 Å². The fraction of sp³-hybridized carbons (Fsp3) is 0.0435. The number of benzene rings is 3. The Kier molecular flexibility index (Phi) is 4.96. The van der Waals surface area contributed by atoms with Gasteiger partial charge in [0.25, 0.3) is 0 Å². The summed E-state index contributed by atoms with van der Waals surface area (Å²) in [6.07, 6.45) is 3.36. The van der Waals surface area contributed by atoms with E-state index in [4.69, 9.17) is 16.3 Å². The summed E-state index contributed by atoms with van der Waals surface area (Å²) in [6.45, 7) is 0. The maximum Gasteiger partial charge on any atom is 0.216 e. The van der Waals surface area contributed by atoms with Gasteiger partial charge in [0.05, 0.1) is 12.7 Å². The second-order valence-corrected chi connectivity index (χ2v) is 6.63. The Bertz CT molecular complexity index is 1150. The van der Waals surface area contributed by atoms with Crippen molar-refractivity contribution in [3.8, 4) is 22.6 Å². The van der Waals surface area contributed by atoms with E-state index in [-0.39, 0.29) is 5.78 Å². The predicted molar refractivity (Wildman–Crippen MR) is 110 cm³/mol. The second kappa shape index (κ2) is 7.71. The summed E-state index contributed by atoms with van der Waals surface area (Å²) in [5.74, 6) is 0.348. The van der Waals surface area contributed by atoms with Crippen LogP contribution in [0.4, 0.5) is 0 Å². The summed E-state index contributed by atoms with van der Waals surface area (Å²) in [6, 6.07) is 22.8. The minimum Gasteiger partial charge on any atom is -0.496 e. The fourth-order valence-electron chi connectivity index (χ4n) is 3.08. The lowest BCUT2D eigenvalue weighted by Gasteiger charge is -2.08. The van der Waals surface area contributed by atoms with Crippen molar-refractivity contribution in [1.29, 1.82) is 0 Å². The highest BCUT2D eigenvalue weighted by Gasteiger charge is 2.17. The van der Waals surface area contributed by atoms with Crippen LogP contribution in [0.15, 0.2) is 85.3 Å². The molecular formula is C23H17ClN2O2. The lowest BCUT2D eigenvalue weighted by Crippen LogP contribution is -2.04. The van der Waals surface area contributed by atoms with Gasteiger partial charge in [-0.15, -0.1) is 0 Å². The van der Waals surface area contributed by atoms with Gasteiger partial charge in [-0.3, -0.25) is 4.79 Å². The summed E-state index contributed by atoms with van der Waals surface area (Å²) < 4.78 is 7.11. The van der Waals surface area contributed by atoms with Crippen LogP contribution in [0.25, 0.3) is 16.8 Å². The third-order valence-corrected chi connectivity index (χ3v) is 4.83. The molecule has 0 aliphatic rings. The Morgan fingerprint density at radius 1 is 1.00 bits per heavy atom. The van der Waals surface area contributed by atoms with Crippen molar-refractivity contribution >= 4 is 17.4 Å². The van der Waals surface area contributed by atoms with Gasteiger partial charge in [-0.05, 0) is 35.9 Å². The molecule has 0 aliphatic carbocycles. The van der Waals surface area contributed by atoms with Crippen LogP contribution in [0.5, 0.6) is 5.75 Å². The van der Waals surface area contributed by atoms with Crippen LogP contribution in [0.2, 0.25) is 5.02 Å². The number of ketones is 1. The topological polar surface area (TPSA) is 44.1 Å². The molecule has 28 heavy (non-hydrogen) atoms. The van der Waals surface area contributed by atoms with E-state index in [1.54, 1.807) is 37.8 Å². The predicted octanol–water partition coefficient (Wildman–Crippen LogP) is 5.43. The number of methoxy groups -OCH3 is 1. The first-order chi connectivity index (χ1) is 13.7. The SMILES string of the molecule is COc1ccccc1C(=O)c1cn(-c2cccc(-c3ccccc3Cl)c2)cn1. The highest BCUT2D eigenvalue weighted by molar-refractivity contribution is 6.33. The molecule has 3 aromatic carbocycles. The van der Waals surface area contributed by atoms with Crippen LogP contribution in [0.1, 0.15) is 16.1 Å². The van der Waals surface area contributed by atoms with Gasteiger partial charge in [-0.1, -0.05) is 54.1 Å². The molecule has 4 nitrogen and oxygen atoms in total. The number of carbonyl (C=O) groups excluding carboxylic acids is 1. The molecular weight excluding hydrogens is 372 g/mol. The van der Waals surface area contributed by atoms with Gasteiger partial charge in [0, 0.05) is 22.5 Å². The summed E-state index contributed by atoms with van der Waals surface area (Å²) in [4.78, 5) is 17.1. The summed E-state index contributed by atoms with van der Waals surface area (Å²) >= 11 is 6.32. The number of ether oxygens (including phenoxy) is 1. The van der Waals surface area contributed by atoms with Crippen LogP contribution in [-0.4, -0.2) is 22.4 Å². The molecule has 0 N–H and O–H groups in total. The number of imidazole rings is 1. The van der Waals surface area contributed by atoms with Crippen molar-refractivity contribution in [2.24, 2.45) is 0 Å². The Balaban J connectivity index is 1.68. The number of halogens is 1. The van der Waals surface area contributed by atoms with Crippen LogP contribution < -0.4 is 4.74 Å². The number of para-hydroxylation sites is 1. The van der Waals surface area contributed by atoms with Gasteiger partial charge >= 0.3 is 0 Å². The highest BCUT2D eigenvalue weighted by atomic mass is 35.5. The van der Waals surface area contributed by atoms with Crippen LogP contribution in [0, 0.1) is 0 Å². The molecule has 0 fully saturated rings. The minimum absolute atomic E-state index is 0.182. The van der Waals surface area contributed by atoms with Crippen LogP contribution in [-0.2, 0) is 0 Å². The van der Waals surface area contributed by atoms with Crippen molar-refractivity contribution in [2.75, 3.05) is 7.11 Å². The Labute approximate surface area is 168 Å². The van der Waals surface area contributed by atoms with E-state index in [2.05, 4.69) is 4.98 Å². The standard InChI is InChI=1S/C23H17ClN2O2/c1-28-22-12-5-3-10-19(22)23(27)21-14-26(15-25-21)17-8-6-7-16(13-17)18-9-2-4-11-20(18)24/h2-15H,1H3. The summed E-state index contributed by atoms with van der Waals surface area (Å²) in [5.41, 5.74) is 3.68. The molecule has 0 aliphatic heterocycles. The molecule has 4 aromatic rings. The Morgan fingerprint density at radius 2 is 1.79 bits per heavy atom. The van der Waals surface area contributed by atoms with Crippen LogP contribution in [0.3, 0.4) is 0 Å². The molecule has 1 aromatic heterocycles. The first kappa shape index (κ1) is 18.0. The van der Waals surface area contributed by atoms with Crippen molar-refractivity contribution in [1.82, 2.24) is 9.55 Å². The number of rotatable bonds is 5. The Hall–Kier alpha value is -3.37. The number of hydrogen-bond donors (Lipinski definition) is 0. The normalized spacial score (nSPS) is 10.6. The molecule has 138 valence electrons. The first-order valence-electron chi connectivity index (χ1n) is 8.74. The number of hydrogen-bond acceptors (Lipinski definition) is 3. The molecule has 0 radical (unpaired) electrons. The third kappa shape index (κ3) is 3.42. The van der Waals surface area contributed by atoms with E-state index >= 15 is 0 Å². The summed E-state index contributed by atoms with van der Waals surface area (Å²) in [5, 5.41) is 0.692. The largest absolute Gasteiger partial charge is 0.496 e. The van der Waals surface area contributed by atoms with Gasteiger partial charge in [0.1, 0.15) is 17.8 Å². The molecule has 0 atom stereocenters. The van der Waals surface area contributed by atoms with E-state index < -0.39 is 0 Å². The smallest absolute Gasteiger partial charge is 0.216 e. The molecule has 0 spiro atoms. The van der Waals surface area contributed by atoms with Gasteiger partial charge < -0.3 is 9.30 Å². The average molecular weight is 389 g/mol. The molecule has 1 heterocycles. The molecule has 5 heteroatoms. The van der Waals surface area contributed by atoms with Crippen molar-refractivity contribution in [2.45, 2.75) is 0 Å². The van der Waals surface area contributed by atoms with E-state index in [9.17, 15) is 4.79 Å². The van der Waals surface area contributed by atoms with Crippen molar-refractivity contribution < 1.29 is 9.53 Å². The minimum atomic E-state index is -0.182. The third-order valence-electron chi connectivity index (χ3n) is 4.50. The maximum absolute atomic E-state index is 12.8. The molecule has 0 unspecified atom stereocenters. The zero-order chi connectivity index (χ0) is 19.5. The molecule has 4 rings (SSSR count). The fourth-order valence-corrected chi connectivity index (χ4v) is 3.33. The molecule has 0 saturated heterocycles. The second-order valence-electron chi connectivity index (χ2n) is 6.23. The van der Waals surface area contributed by atoms with Crippen LogP contribution >= 0.6 is 11.6 Å². The van der Waals surface area contributed by atoms with Gasteiger partial charge in [0.2, 0.25) is 5.78 Å².